The summed E-state index contributed by atoms with van der Waals surface area (Å²) in [6.07, 6.45) is 10.5. The zero-order chi connectivity index (χ0) is 22.0. The second-order valence-corrected chi connectivity index (χ2v) is 10.5. The maximum absolute atomic E-state index is 12.4. The molecule has 0 saturated heterocycles. The summed E-state index contributed by atoms with van der Waals surface area (Å²) in [5.41, 5.74) is 0.163. The Hall–Kier alpha value is -1.40. The normalized spacial score (nSPS) is 35.5. The smallest absolute Gasteiger partial charge is 0.334 e. The van der Waals surface area contributed by atoms with Crippen molar-refractivity contribution in [3.05, 3.63) is 12.2 Å². The average molecular weight is 435 g/mol. The Morgan fingerprint density at radius 3 is 2.39 bits per heavy atom. The highest BCUT2D eigenvalue weighted by Gasteiger charge is 2.57. The number of ether oxygens (including phenoxy) is 4. The van der Waals surface area contributed by atoms with Crippen LogP contribution >= 0.6 is 0 Å². The Morgan fingerprint density at radius 1 is 1.06 bits per heavy atom. The second kappa shape index (κ2) is 9.62. The molecule has 0 amide bonds. The van der Waals surface area contributed by atoms with E-state index >= 15 is 0 Å². The van der Waals surface area contributed by atoms with Crippen LogP contribution in [0.2, 0.25) is 0 Å². The number of hydrogen-bond acceptors (Lipinski definition) is 6. The van der Waals surface area contributed by atoms with Gasteiger partial charge in [0.05, 0.1) is 12.2 Å². The lowest BCUT2D eigenvalue weighted by Gasteiger charge is -2.58. The predicted octanol–water partition coefficient (Wildman–Crippen LogP) is 4.56. The summed E-state index contributed by atoms with van der Waals surface area (Å²) in [7, 11) is 0. The van der Waals surface area contributed by atoms with E-state index in [4.69, 9.17) is 18.9 Å². The molecule has 0 aliphatic heterocycles. The van der Waals surface area contributed by atoms with Crippen molar-refractivity contribution < 1.29 is 28.5 Å². The molecular weight excluding hydrogens is 396 g/mol. The Bertz CT molecular complexity index is 665. The number of carbonyl (C=O) groups excluding carboxylic acids is 2. The van der Waals surface area contributed by atoms with Crippen molar-refractivity contribution in [2.24, 2.45) is 23.7 Å². The minimum atomic E-state index is -0.541. The van der Waals surface area contributed by atoms with Crippen molar-refractivity contribution in [3.8, 4) is 0 Å². The predicted molar refractivity (Wildman–Crippen MR) is 115 cm³/mol. The fourth-order valence-electron chi connectivity index (χ4n) is 6.59. The zero-order valence-electron chi connectivity index (χ0n) is 19.1. The molecule has 5 aliphatic carbocycles. The molecule has 6 nitrogen and oxygen atoms in total. The first-order valence-electron chi connectivity index (χ1n) is 12.1. The quantitative estimate of drug-likeness (QED) is 0.301. The summed E-state index contributed by atoms with van der Waals surface area (Å²) < 4.78 is 23.2. The fraction of sp³-hybridized carbons (Fsp3) is 0.840. The van der Waals surface area contributed by atoms with Gasteiger partial charge in [-0.25, -0.2) is 9.59 Å². The van der Waals surface area contributed by atoms with Crippen molar-refractivity contribution in [1.82, 2.24) is 0 Å². The van der Waals surface area contributed by atoms with E-state index in [2.05, 4.69) is 6.58 Å². The second-order valence-electron chi connectivity index (χ2n) is 10.5. The molecule has 31 heavy (non-hydrogen) atoms. The van der Waals surface area contributed by atoms with Crippen LogP contribution in [0.4, 0.5) is 0 Å². The third kappa shape index (κ3) is 5.51. The Morgan fingerprint density at radius 2 is 1.74 bits per heavy atom. The Kier molecular flexibility index (Phi) is 7.07. The lowest BCUT2D eigenvalue weighted by molar-refractivity contribution is -0.220. The Labute approximate surface area is 186 Å². The van der Waals surface area contributed by atoms with Crippen LogP contribution in [0.25, 0.3) is 0 Å². The van der Waals surface area contributed by atoms with Gasteiger partial charge in [-0.15, -0.1) is 0 Å². The van der Waals surface area contributed by atoms with Crippen molar-refractivity contribution in [3.63, 3.8) is 0 Å². The van der Waals surface area contributed by atoms with Crippen LogP contribution < -0.4 is 0 Å². The monoisotopic (exact) mass is 434 g/mol. The van der Waals surface area contributed by atoms with E-state index in [1.165, 1.54) is 32.1 Å². The summed E-state index contributed by atoms with van der Waals surface area (Å²) in [5.74, 6) is 1.14. The van der Waals surface area contributed by atoms with Crippen LogP contribution in [-0.4, -0.2) is 43.1 Å². The van der Waals surface area contributed by atoms with Gasteiger partial charge < -0.3 is 18.9 Å². The summed E-state index contributed by atoms with van der Waals surface area (Å²) in [5, 5.41) is 0. The van der Waals surface area contributed by atoms with Crippen LogP contribution in [0.5, 0.6) is 0 Å². The van der Waals surface area contributed by atoms with E-state index in [9.17, 15) is 9.59 Å². The van der Waals surface area contributed by atoms with Crippen molar-refractivity contribution in [1.29, 1.82) is 0 Å². The molecule has 0 radical (unpaired) electrons. The molecule has 0 aromatic carbocycles. The van der Waals surface area contributed by atoms with E-state index in [0.717, 1.165) is 32.1 Å². The molecule has 0 aromatic rings. The molecule has 5 aliphatic rings. The standard InChI is InChI=1S/C25H38O6/c1-16(2)24(27)31-23-20-9-19-10-21(23)13-25(11-19,12-20)29-15-22(26)30-17(3)28-14-18-7-5-4-6-8-18/h17-21,23H,1,4-15H2,2-3H3. The van der Waals surface area contributed by atoms with Crippen LogP contribution in [-0.2, 0) is 28.5 Å². The van der Waals surface area contributed by atoms with E-state index in [1.807, 2.05) is 0 Å². The molecule has 5 saturated carbocycles. The van der Waals surface area contributed by atoms with Gasteiger partial charge in [-0.2, -0.15) is 0 Å². The molecule has 5 fully saturated rings. The summed E-state index contributed by atoms with van der Waals surface area (Å²) in [4.78, 5) is 24.4. The molecule has 3 unspecified atom stereocenters. The molecule has 0 spiro atoms. The highest BCUT2D eigenvalue weighted by molar-refractivity contribution is 5.87. The van der Waals surface area contributed by atoms with Crippen molar-refractivity contribution in [2.45, 2.75) is 96.1 Å². The summed E-state index contributed by atoms with van der Waals surface area (Å²) in [6, 6.07) is 0. The maximum Gasteiger partial charge on any atom is 0.334 e. The molecule has 3 atom stereocenters. The minimum absolute atomic E-state index is 0.0422. The molecule has 4 bridgehead atoms. The molecule has 174 valence electrons. The van der Waals surface area contributed by atoms with Crippen molar-refractivity contribution >= 4 is 11.9 Å². The molecule has 5 rings (SSSR count). The summed E-state index contributed by atoms with van der Waals surface area (Å²) in [6.45, 7) is 7.79. The molecule has 0 aromatic heterocycles. The number of hydrogen-bond donors (Lipinski definition) is 0. The first kappa shape index (κ1) is 22.8. The highest BCUT2D eigenvalue weighted by Crippen LogP contribution is 2.58. The SMILES string of the molecule is C=C(C)C(=O)OC1C2CC3CC1CC(OCC(=O)OC(C)OCC1CCCCC1)(C3)C2. The van der Waals surface area contributed by atoms with E-state index < -0.39 is 6.29 Å². The first-order chi connectivity index (χ1) is 14.8. The average Bonchev–Trinajstić information content (AvgIpc) is 2.73. The van der Waals surface area contributed by atoms with Gasteiger partial charge >= 0.3 is 11.9 Å². The maximum atomic E-state index is 12.4. The van der Waals surface area contributed by atoms with Crippen molar-refractivity contribution in [2.75, 3.05) is 13.2 Å². The Balaban J connectivity index is 1.23. The van der Waals surface area contributed by atoms with Crippen LogP contribution in [0, 0.1) is 23.7 Å². The minimum Gasteiger partial charge on any atom is -0.458 e. The molecule has 0 heterocycles. The zero-order valence-corrected chi connectivity index (χ0v) is 19.1. The van der Waals surface area contributed by atoms with Crippen LogP contribution in [0.15, 0.2) is 12.2 Å². The van der Waals surface area contributed by atoms with Crippen LogP contribution in [0.1, 0.15) is 78.1 Å². The van der Waals surface area contributed by atoms with Gasteiger partial charge in [0, 0.05) is 5.57 Å². The van der Waals surface area contributed by atoms with Gasteiger partial charge in [0.25, 0.3) is 0 Å². The number of esters is 2. The van der Waals surface area contributed by atoms with E-state index in [0.29, 0.717) is 35.9 Å². The third-order valence-corrected chi connectivity index (χ3v) is 7.81. The first-order valence-corrected chi connectivity index (χ1v) is 12.1. The van der Waals surface area contributed by atoms with Crippen LogP contribution in [0.3, 0.4) is 0 Å². The van der Waals surface area contributed by atoms with Gasteiger partial charge in [-0.1, -0.05) is 25.8 Å². The largest absolute Gasteiger partial charge is 0.458 e. The fourth-order valence-corrected chi connectivity index (χ4v) is 6.59. The summed E-state index contributed by atoms with van der Waals surface area (Å²) >= 11 is 0. The third-order valence-electron chi connectivity index (χ3n) is 7.81. The topological polar surface area (TPSA) is 71.1 Å². The molecule has 6 heteroatoms. The van der Waals surface area contributed by atoms with Gasteiger partial charge in [-0.05, 0) is 82.5 Å². The lowest BCUT2D eigenvalue weighted by Crippen LogP contribution is -2.59. The van der Waals surface area contributed by atoms with Gasteiger partial charge in [-0.3, -0.25) is 0 Å². The number of rotatable bonds is 9. The lowest BCUT2D eigenvalue weighted by atomic mass is 9.53. The van der Waals surface area contributed by atoms with Gasteiger partial charge in [0.1, 0.15) is 12.7 Å². The molecular formula is C25H38O6. The molecule has 0 N–H and O–H groups in total. The number of carbonyl (C=O) groups is 2. The highest BCUT2D eigenvalue weighted by atomic mass is 16.7. The van der Waals surface area contributed by atoms with Gasteiger partial charge in [0.15, 0.2) is 6.29 Å². The van der Waals surface area contributed by atoms with E-state index in [-0.39, 0.29) is 30.3 Å². The van der Waals surface area contributed by atoms with E-state index in [1.54, 1.807) is 13.8 Å². The van der Waals surface area contributed by atoms with Gasteiger partial charge in [0.2, 0.25) is 0 Å².